The van der Waals surface area contributed by atoms with Gasteiger partial charge in [0.1, 0.15) is 0 Å². The molecular formula is C9H15N. The van der Waals surface area contributed by atoms with Crippen LogP contribution in [0.1, 0.15) is 13.8 Å². The van der Waals surface area contributed by atoms with Crippen LogP contribution in [0.25, 0.3) is 0 Å². The van der Waals surface area contributed by atoms with Gasteiger partial charge in [-0.1, -0.05) is 38.2 Å². The van der Waals surface area contributed by atoms with Crippen molar-refractivity contribution in [1.82, 2.24) is 4.90 Å². The van der Waals surface area contributed by atoms with E-state index >= 15 is 0 Å². The molecule has 0 unspecified atom stereocenters. The molecule has 1 aliphatic carbocycles. The summed E-state index contributed by atoms with van der Waals surface area (Å²) >= 11 is 0. The van der Waals surface area contributed by atoms with Crippen molar-refractivity contribution in [3.05, 3.63) is 24.3 Å². The Morgan fingerprint density at radius 2 is 1.60 bits per heavy atom. The summed E-state index contributed by atoms with van der Waals surface area (Å²) in [5, 5.41) is 0. The molecule has 0 aliphatic heterocycles. The van der Waals surface area contributed by atoms with Gasteiger partial charge in [0, 0.05) is 6.04 Å². The van der Waals surface area contributed by atoms with Gasteiger partial charge < -0.3 is 0 Å². The average Bonchev–Trinajstić information content (AvgIpc) is 2.43. The molecule has 0 heterocycles. The lowest BCUT2D eigenvalue weighted by atomic mass is 10.3. The molecule has 0 aromatic carbocycles. The van der Waals surface area contributed by atoms with Crippen LogP contribution in [0.4, 0.5) is 0 Å². The zero-order chi connectivity index (χ0) is 7.40. The van der Waals surface area contributed by atoms with Gasteiger partial charge in [-0.2, -0.15) is 0 Å². The van der Waals surface area contributed by atoms with Crippen molar-refractivity contribution in [2.75, 3.05) is 13.1 Å². The highest BCUT2D eigenvalue weighted by molar-refractivity contribution is 5.21. The van der Waals surface area contributed by atoms with Crippen molar-refractivity contribution in [2.24, 2.45) is 0 Å². The second kappa shape index (κ2) is 3.57. The highest BCUT2D eigenvalue weighted by Crippen LogP contribution is 2.07. The van der Waals surface area contributed by atoms with Crippen molar-refractivity contribution < 1.29 is 0 Å². The molecule has 0 radical (unpaired) electrons. The third-order valence-electron chi connectivity index (χ3n) is 1.96. The number of hydrogen-bond donors (Lipinski definition) is 0. The lowest BCUT2D eigenvalue weighted by Crippen LogP contribution is -2.31. The van der Waals surface area contributed by atoms with Gasteiger partial charge in [-0.25, -0.2) is 0 Å². The zero-order valence-corrected chi connectivity index (χ0v) is 6.75. The molecule has 0 saturated carbocycles. The summed E-state index contributed by atoms with van der Waals surface area (Å²) in [5.74, 6) is 0. The fraction of sp³-hybridized carbons (Fsp3) is 0.556. The smallest absolute Gasteiger partial charge is 0.0467 e. The van der Waals surface area contributed by atoms with E-state index in [-0.39, 0.29) is 0 Å². The van der Waals surface area contributed by atoms with E-state index in [1.165, 1.54) is 0 Å². The molecule has 1 rings (SSSR count). The Labute approximate surface area is 63.0 Å². The average molecular weight is 137 g/mol. The standard InChI is InChI=1S/C9H15N/c1-3-10(4-2)9-7-5-6-8-9/h5-9H,3-4H2,1-2H3. The van der Waals surface area contributed by atoms with Crippen LogP contribution in [0.15, 0.2) is 24.3 Å². The summed E-state index contributed by atoms with van der Waals surface area (Å²) in [6.45, 7) is 6.67. The van der Waals surface area contributed by atoms with Crippen LogP contribution in [-0.4, -0.2) is 24.0 Å². The SMILES string of the molecule is CCN(CC)C1C=CC=C1. The molecule has 1 nitrogen and oxygen atoms in total. The third kappa shape index (κ3) is 1.48. The number of rotatable bonds is 3. The Morgan fingerprint density at radius 1 is 1.10 bits per heavy atom. The minimum Gasteiger partial charge on any atom is -0.294 e. The van der Waals surface area contributed by atoms with E-state index in [9.17, 15) is 0 Å². The maximum Gasteiger partial charge on any atom is 0.0467 e. The van der Waals surface area contributed by atoms with Gasteiger partial charge in [-0.05, 0) is 13.1 Å². The first-order chi connectivity index (χ1) is 4.88. The molecule has 1 heteroatoms. The molecule has 56 valence electrons. The number of nitrogens with zero attached hydrogens (tertiary/aromatic N) is 1. The molecule has 0 amide bonds. The molecular weight excluding hydrogens is 122 g/mol. The Hall–Kier alpha value is -0.560. The maximum atomic E-state index is 2.42. The largest absolute Gasteiger partial charge is 0.294 e. The number of likely N-dealkylation sites (N-methyl/N-ethyl adjacent to an activating group) is 1. The number of hydrogen-bond acceptors (Lipinski definition) is 1. The van der Waals surface area contributed by atoms with Crippen LogP contribution in [0.3, 0.4) is 0 Å². The van der Waals surface area contributed by atoms with Crippen LogP contribution < -0.4 is 0 Å². The van der Waals surface area contributed by atoms with Crippen LogP contribution in [0.5, 0.6) is 0 Å². The first kappa shape index (κ1) is 7.55. The van der Waals surface area contributed by atoms with Crippen LogP contribution in [0, 0.1) is 0 Å². The van der Waals surface area contributed by atoms with E-state index in [1.54, 1.807) is 0 Å². The molecule has 0 saturated heterocycles. The summed E-state index contributed by atoms with van der Waals surface area (Å²) in [4.78, 5) is 2.42. The highest BCUT2D eigenvalue weighted by Gasteiger charge is 2.09. The molecule has 10 heavy (non-hydrogen) atoms. The summed E-state index contributed by atoms with van der Waals surface area (Å²) in [6, 6.07) is 0.565. The lowest BCUT2D eigenvalue weighted by Gasteiger charge is -2.22. The van der Waals surface area contributed by atoms with Crippen molar-refractivity contribution >= 4 is 0 Å². The topological polar surface area (TPSA) is 3.24 Å². The summed E-state index contributed by atoms with van der Waals surface area (Å²) in [6.07, 6.45) is 8.69. The molecule has 0 aromatic heterocycles. The second-order valence-corrected chi connectivity index (χ2v) is 2.48. The predicted molar refractivity (Wildman–Crippen MR) is 45.0 cm³/mol. The van der Waals surface area contributed by atoms with Gasteiger partial charge in [0.2, 0.25) is 0 Å². The van der Waals surface area contributed by atoms with E-state index < -0.39 is 0 Å². The Kier molecular flexibility index (Phi) is 2.69. The van der Waals surface area contributed by atoms with E-state index in [0.717, 1.165) is 13.1 Å². The van der Waals surface area contributed by atoms with Gasteiger partial charge in [0.15, 0.2) is 0 Å². The lowest BCUT2D eigenvalue weighted by molar-refractivity contribution is 0.290. The van der Waals surface area contributed by atoms with Crippen molar-refractivity contribution in [1.29, 1.82) is 0 Å². The first-order valence-corrected chi connectivity index (χ1v) is 3.97. The predicted octanol–water partition coefficient (Wildman–Crippen LogP) is 1.82. The Bertz CT molecular complexity index is 131. The van der Waals surface area contributed by atoms with E-state index in [0.29, 0.717) is 6.04 Å². The molecule has 0 bridgehead atoms. The Balaban J connectivity index is 2.45. The summed E-state index contributed by atoms with van der Waals surface area (Å²) in [5.41, 5.74) is 0. The van der Waals surface area contributed by atoms with Crippen molar-refractivity contribution in [2.45, 2.75) is 19.9 Å². The zero-order valence-electron chi connectivity index (χ0n) is 6.75. The van der Waals surface area contributed by atoms with Crippen LogP contribution in [-0.2, 0) is 0 Å². The fourth-order valence-electron chi connectivity index (χ4n) is 1.31. The minimum atomic E-state index is 0.565. The normalized spacial score (nSPS) is 17.5. The number of allylic oxidation sites excluding steroid dienone is 2. The summed E-state index contributed by atoms with van der Waals surface area (Å²) in [7, 11) is 0. The van der Waals surface area contributed by atoms with Gasteiger partial charge in [-0.3, -0.25) is 4.90 Å². The molecule has 0 N–H and O–H groups in total. The van der Waals surface area contributed by atoms with Gasteiger partial charge in [0.25, 0.3) is 0 Å². The molecule has 1 aliphatic rings. The monoisotopic (exact) mass is 137 g/mol. The summed E-state index contributed by atoms with van der Waals surface area (Å²) < 4.78 is 0. The molecule has 0 fully saturated rings. The third-order valence-corrected chi connectivity index (χ3v) is 1.96. The molecule has 0 aromatic rings. The van der Waals surface area contributed by atoms with E-state index in [4.69, 9.17) is 0 Å². The van der Waals surface area contributed by atoms with E-state index in [2.05, 4.69) is 43.1 Å². The van der Waals surface area contributed by atoms with Crippen LogP contribution in [0.2, 0.25) is 0 Å². The van der Waals surface area contributed by atoms with Gasteiger partial charge in [0.05, 0.1) is 0 Å². The van der Waals surface area contributed by atoms with E-state index in [1.807, 2.05) is 0 Å². The fourth-order valence-corrected chi connectivity index (χ4v) is 1.31. The highest BCUT2D eigenvalue weighted by atomic mass is 15.1. The molecule has 0 atom stereocenters. The van der Waals surface area contributed by atoms with Gasteiger partial charge >= 0.3 is 0 Å². The maximum absolute atomic E-state index is 2.42. The van der Waals surface area contributed by atoms with Crippen molar-refractivity contribution in [3.8, 4) is 0 Å². The first-order valence-electron chi connectivity index (χ1n) is 3.97. The van der Waals surface area contributed by atoms with Crippen LogP contribution >= 0.6 is 0 Å². The van der Waals surface area contributed by atoms with Gasteiger partial charge in [-0.15, -0.1) is 0 Å². The second-order valence-electron chi connectivity index (χ2n) is 2.48. The quantitative estimate of drug-likeness (QED) is 0.573. The minimum absolute atomic E-state index is 0.565. The van der Waals surface area contributed by atoms with Crippen molar-refractivity contribution in [3.63, 3.8) is 0 Å². The Morgan fingerprint density at radius 3 is 2.00 bits per heavy atom. The molecule has 0 spiro atoms.